The lowest BCUT2D eigenvalue weighted by Gasteiger charge is -2.42. The van der Waals surface area contributed by atoms with Gasteiger partial charge < -0.3 is 4.43 Å². The zero-order valence-corrected chi connectivity index (χ0v) is 16.2. The predicted molar refractivity (Wildman–Crippen MR) is 95.0 cm³/mol. The van der Waals surface area contributed by atoms with Crippen LogP contribution < -0.4 is 0 Å². The van der Waals surface area contributed by atoms with Gasteiger partial charge in [-0.2, -0.15) is 0 Å². The van der Waals surface area contributed by atoms with E-state index in [1.807, 2.05) is 0 Å². The Bertz CT molecular complexity index is 350. The SMILES string of the molecule is CC(C)[Si](OC[C@H]1C[C@@H]1/C=C\[C@H]1C[C@@H]1C)(C(C)C)C(C)C. The zero-order valence-electron chi connectivity index (χ0n) is 15.2. The van der Waals surface area contributed by atoms with Gasteiger partial charge in [0.05, 0.1) is 0 Å². The van der Waals surface area contributed by atoms with Gasteiger partial charge in [0.25, 0.3) is 0 Å². The van der Waals surface area contributed by atoms with Crippen LogP contribution in [0.2, 0.25) is 16.6 Å². The van der Waals surface area contributed by atoms with E-state index in [-0.39, 0.29) is 0 Å². The normalized spacial score (nSPS) is 32.7. The first kappa shape index (κ1) is 17.3. The predicted octanol–water partition coefficient (Wildman–Crippen LogP) is 6.03. The maximum atomic E-state index is 6.72. The van der Waals surface area contributed by atoms with E-state index >= 15 is 0 Å². The van der Waals surface area contributed by atoms with Crippen molar-refractivity contribution in [2.24, 2.45) is 23.7 Å². The minimum Gasteiger partial charge on any atom is -0.416 e. The summed E-state index contributed by atoms with van der Waals surface area (Å²) in [5.74, 6) is 3.45. The van der Waals surface area contributed by atoms with Crippen molar-refractivity contribution in [1.29, 1.82) is 0 Å². The standard InChI is InChI=1S/C19H36OSi/c1-13(2)21(14(3)4,15(5)6)20-12-19-11-18(19)9-8-17-10-16(17)7/h8-9,13-19H,10-12H2,1-7H3/b9-8-/t16-,17-,18-,19+/m0/s1. The van der Waals surface area contributed by atoms with Gasteiger partial charge in [0.2, 0.25) is 0 Å². The van der Waals surface area contributed by atoms with Gasteiger partial charge in [-0.1, -0.05) is 60.6 Å². The molecule has 0 unspecified atom stereocenters. The Morgan fingerprint density at radius 1 is 0.905 bits per heavy atom. The molecule has 2 heteroatoms. The van der Waals surface area contributed by atoms with Gasteiger partial charge in [0, 0.05) is 6.61 Å². The molecule has 2 aliphatic carbocycles. The highest BCUT2D eigenvalue weighted by Gasteiger charge is 2.47. The summed E-state index contributed by atoms with van der Waals surface area (Å²) in [4.78, 5) is 0. The fourth-order valence-corrected chi connectivity index (χ4v) is 9.86. The van der Waals surface area contributed by atoms with E-state index < -0.39 is 8.32 Å². The molecule has 2 rings (SSSR count). The van der Waals surface area contributed by atoms with Crippen LogP contribution in [-0.4, -0.2) is 14.9 Å². The highest BCUT2D eigenvalue weighted by molar-refractivity contribution is 6.77. The minimum atomic E-state index is -1.65. The lowest BCUT2D eigenvalue weighted by Crippen LogP contribution is -2.48. The smallest absolute Gasteiger partial charge is 0.200 e. The molecule has 21 heavy (non-hydrogen) atoms. The summed E-state index contributed by atoms with van der Waals surface area (Å²) >= 11 is 0. The molecule has 2 saturated carbocycles. The Labute approximate surface area is 133 Å². The van der Waals surface area contributed by atoms with Crippen molar-refractivity contribution >= 4 is 8.32 Å². The maximum absolute atomic E-state index is 6.72. The Morgan fingerprint density at radius 3 is 1.81 bits per heavy atom. The lowest BCUT2D eigenvalue weighted by atomic mass is 10.2. The molecule has 0 spiro atoms. The summed E-state index contributed by atoms with van der Waals surface area (Å²) in [5, 5.41) is 0. The first-order chi connectivity index (χ1) is 9.79. The third-order valence-corrected chi connectivity index (χ3v) is 12.1. The Hall–Kier alpha value is -0.0831. The molecule has 0 aromatic rings. The molecule has 0 heterocycles. The van der Waals surface area contributed by atoms with Crippen LogP contribution in [0.5, 0.6) is 0 Å². The van der Waals surface area contributed by atoms with E-state index in [1.165, 1.54) is 12.8 Å². The lowest BCUT2D eigenvalue weighted by molar-refractivity contribution is 0.259. The number of hydrogen-bond donors (Lipinski definition) is 0. The molecule has 4 atom stereocenters. The quantitative estimate of drug-likeness (QED) is 0.393. The van der Waals surface area contributed by atoms with Crippen molar-refractivity contribution in [2.75, 3.05) is 6.61 Å². The van der Waals surface area contributed by atoms with Gasteiger partial charge >= 0.3 is 0 Å². The van der Waals surface area contributed by atoms with Crippen LogP contribution >= 0.6 is 0 Å². The fourth-order valence-electron chi connectivity index (χ4n) is 4.35. The summed E-state index contributed by atoms with van der Waals surface area (Å²) in [6, 6.07) is 0. The van der Waals surface area contributed by atoms with Crippen LogP contribution in [0, 0.1) is 23.7 Å². The van der Waals surface area contributed by atoms with Crippen molar-refractivity contribution in [3.8, 4) is 0 Å². The average molecular weight is 309 g/mol. The van der Waals surface area contributed by atoms with Gasteiger partial charge in [-0.15, -0.1) is 0 Å². The number of rotatable bonds is 8. The van der Waals surface area contributed by atoms with Crippen LogP contribution in [-0.2, 0) is 4.43 Å². The molecule has 0 aromatic carbocycles. The van der Waals surface area contributed by atoms with Crippen molar-refractivity contribution in [3.05, 3.63) is 12.2 Å². The van der Waals surface area contributed by atoms with Crippen molar-refractivity contribution < 1.29 is 4.43 Å². The average Bonchev–Trinajstić information content (AvgIpc) is 3.25. The molecule has 2 aliphatic rings. The minimum absolute atomic E-state index is 0.706. The molecule has 0 aliphatic heterocycles. The fraction of sp³-hybridized carbons (Fsp3) is 0.895. The van der Waals surface area contributed by atoms with Crippen LogP contribution in [0.25, 0.3) is 0 Å². The summed E-state index contributed by atoms with van der Waals surface area (Å²) < 4.78 is 6.72. The van der Waals surface area contributed by atoms with Gasteiger partial charge in [-0.25, -0.2) is 0 Å². The summed E-state index contributed by atoms with van der Waals surface area (Å²) in [5.41, 5.74) is 2.12. The van der Waals surface area contributed by atoms with Crippen LogP contribution in [0.1, 0.15) is 61.3 Å². The Morgan fingerprint density at radius 2 is 1.38 bits per heavy atom. The van der Waals surface area contributed by atoms with E-state index in [9.17, 15) is 0 Å². The molecular formula is C19H36OSi. The highest BCUT2D eigenvalue weighted by atomic mass is 28.4. The van der Waals surface area contributed by atoms with E-state index in [0.29, 0.717) is 16.6 Å². The molecule has 1 nitrogen and oxygen atoms in total. The first-order valence-electron chi connectivity index (χ1n) is 9.11. The monoisotopic (exact) mass is 308 g/mol. The largest absolute Gasteiger partial charge is 0.416 e. The van der Waals surface area contributed by atoms with Crippen LogP contribution in [0.4, 0.5) is 0 Å². The van der Waals surface area contributed by atoms with Crippen LogP contribution in [0.3, 0.4) is 0 Å². The molecule has 0 aromatic heterocycles. The molecule has 0 bridgehead atoms. The van der Waals surface area contributed by atoms with Gasteiger partial charge in [-0.3, -0.25) is 0 Å². The molecule has 0 amide bonds. The van der Waals surface area contributed by atoms with Gasteiger partial charge in [0.1, 0.15) is 0 Å². The third-order valence-electron chi connectivity index (χ3n) is 6.01. The second kappa shape index (κ2) is 6.58. The second-order valence-electron chi connectivity index (χ2n) is 8.55. The maximum Gasteiger partial charge on any atom is 0.200 e. The second-order valence-corrected chi connectivity index (χ2v) is 14.0. The summed E-state index contributed by atoms with van der Waals surface area (Å²) in [6.07, 6.45) is 7.74. The van der Waals surface area contributed by atoms with E-state index in [4.69, 9.17) is 4.43 Å². The third kappa shape index (κ3) is 3.82. The first-order valence-corrected chi connectivity index (χ1v) is 11.2. The summed E-state index contributed by atoms with van der Waals surface area (Å²) in [6.45, 7) is 17.6. The van der Waals surface area contributed by atoms with Gasteiger partial charge in [-0.05, 0) is 53.1 Å². The van der Waals surface area contributed by atoms with E-state index in [2.05, 4.69) is 60.6 Å². The molecule has 0 N–H and O–H groups in total. The van der Waals surface area contributed by atoms with Gasteiger partial charge in [0.15, 0.2) is 8.32 Å². The van der Waals surface area contributed by atoms with E-state index in [1.54, 1.807) is 0 Å². The number of hydrogen-bond acceptors (Lipinski definition) is 1. The molecule has 0 radical (unpaired) electrons. The Kier molecular flexibility index (Phi) is 5.41. The van der Waals surface area contributed by atoms with Crippen molar-refractivity contribution in [3.63, 3.8) is 0 Å². The molecule has 2 fully saturated rings. The zero-order chi connectivity index (χ0) is 15.8. The van der Waals surface area contributed by atoms with E-state index in [0.717, 1.165) is 30.3 Å². The van der Waals surface area contributed by atoms with Crippen molar-refractivity contribution in [1.82, 2.24) is 0 Å². The molecule has 0 saturated heterocycles. The topological polar surface area (TPSA) is 9.23 Å². The summed E-state index contributed by atoms with van der Waals surface area (Å²) in [7, 11) is -1.65. The Balaban J connectivity index is 1.84. The molecular weight excluding hydrogens is 272 g/mol. The highest BCUT2D eigenvalue weighted by Crippen LogP contribution is 2.47. The van der Waals surface area contributed by atoms with Crippen LogP contribution in [0.15, 0.2) is 12.2 Å². The molecule has 122 valence electrons. The van der Waals surface area contributed by atoms with Crippen molar-refractivity contribution in [2.45, 2.75) is 77.9 Å². The number of allylic oxidation sites excluding steroid dienone is 2.